The van der Waals surface area contributed by atoms with Crippen molar-refractivity contribution in [1.82, 2.24) is 15.1 Å². The fourth-order valence-electron chi connectivity index (χ4n) is 2.98. The van der Waals surface area contributed by atoms with E-state index in [0.29, 0.717) is 23.2 Å². The van der Waals surface area contributed by atoms with Gasteiger partial charge in [0.2, 0.25) is 11.7 Å². The summed E-state index contributed by atoms with van der Waals surface area (Å²) in [5, 5.41) is 5.74. The van der Waals surface area contributed by atoms with Gasteiger partial charge in [0.15, 0.2) is 0 Å². The highest BCUT2D eigenvalue weighted by Crippen LogP contribution is 2.35. The summed E-state index contributed by atoms with van der Waals surface area (Å²) >= 11 is 1.12. The van der Waals surface area contributed by atoms with E-state index in [4.69, 9.17) is 4.52 Å². The Morgan fingerprint density at radius 1 is 1.27 bits per heavy atom. The highest BCUT2D eigenvalue weighted by Gasteiger charge is 2.24. The Morgan fingerprint density at radius 2 is 2.08 bits per heavy atom. The van der Waals surface area contributed by atoms with Crippen LogP contribution < -0.4 is 4.72 Å². The first-order chi connectivity index (χ1) is 12.5. The normalized spacial score (nSPS) is 15.4. The molecule has 3 aromatic heterocycles. The number of aromatic nitrogens is 3. The predicted octanol–water partition coefficient (Wildman–Crippen LogP) is 3.96. The van der Waals surface area contributed by atoms with Crippen LogP contribution in [0.25, 0.3) is 11.4 Å². The molecule has 0 aromatic carbocycles. The minimum atomic E-state index is -3.70. The average Bonchev–Trinajstić information content (AvgIpc) is 3.36. The second-order valence-electron chi connectivity index (χ2n) is 6.42. The van der Waals surface area contributed by atoms with E-state index in [9.17, 15) is 8.42 Å². The molecule has 3 aromatic rings. The van der Waals surface area contributed by atoms with E-state index in [2.05, 4.69) is 19.8 Å². The van der Waals surface area contributed by atoms with Crippen LogP contribution in [0.1, 0.15) is 43.1 Å². The van der Waals surface area contributed by atoms with Crippen LogP contribution in [0.5, 0.6) is 0 Å². The van der Waals surface area contributed by atoms with Gasteiger partial charge < -0.3 is 4.52 Å². The van der Waals surface area contributed by atoms with Crippen LogP contribution in [0.4, 0.5) is 5.82 Å². The van der Waals surface area contributed by atoms with Crippen molar-refractivity contribution in [2.75, 3.05) is 4.72 Å². The molecule has 0 saturated heterocycles. The molecule has 0 unspecified atom stereocenters. The van der Waals surface area contributed by atoms with Crippen LogP contribution in [0.15, 0.2) is 38.5 Å². The Balaban J connectivity index is 1.54. The summed E-state index contributed by atoms with van der Waals surface area (Å²) in [5.41, 5.74) is 1.60. The molecular formula is C17H18N4O3S2. The maximum absolute atomic E-state index is 12.5. The fourth-order valence-corrected chi connectivity index (χ4v) is 5.15. The first-order valence-corrected chi connectivity index (χ1v) is 10.8. The van der Waals surface area contributed by atoms with E-state index in [1.807, 2.05) is 6.92 Å². The molecule has 0 spiro atoms. The summed E-state index contributed by atoms with van der Waals surface area (Å²) < 4.78 is 33.1. The fraction of sp³-hybridized carbons (Fsp3) is 0.353. The van der Waals surface area contributed by atoms with Crippen molar-refractivity contribution in [3.05, 3.63) is 41.2 Å². The number of rotatable bonds is 5. The molecule has 136 valence electrons. The molecular weight excluding hydrogens is 372 g/mol. The van der Waals surface area contributed by atoms with E-state index in [1.54, 1.807) is 29.8 Å². The molecule has 0 aliphatic heterocycles. The van der Waals surface area contributed by atoms with Gasteiger partial charge in [-0.25, -0.2) is 13.4 Å². The first-order valence-electron chi connectivity index (χ1n) is 8.39. The molecule has 0 bridgehead atoms. The number of aryl methyl sites for hydroxylation is 1. The smallest absolute Gasteiger partial charge is 0.272 e. The number of nitrogens with one attached hydrogen (secondary N) is 1. The van der Waals surface area contributed by atoms with Crippen molar-refractivity contribution in [1.29, 1.82) is 0 Å². The van der Waals surface area contributed by atoms with Crippen molar-refractivity contribution in [2.45, 2.75) is 42.7 Å². The van der Waals surface area contributed by atoms with E-state index in [0.717, 1.165) is 29.7 Å². The van der Waals surface area contributed by atoms with Gasteiger partial charge in [-0.3, -0.25) is 4.72 Å². The van der Waals surface area contributed by atoms with Gasteiger partial charge in [-0.2, -0.15) is 4.98 Å². The second-order valence-corrected chi connectivity index (χ2v) is 9.24. The van der Waals surface area contributed by atoms with Crippen LogP contribution in [-0.2, 0) is 10.0 Å². The molecule has 0 amide bonds. The van der Waals surface area contributed by atoms with Crippen LogP contribution >= 0.6 is 11.3 Å². The summed E-state index contributed by atoms with van der Waals surface area (Å²) in [6, 6.07) is 4.99. The topological polar surface area (TPSA) is 98.0 Å². The van der Waals surface area contributed by atoms with Gasteiger partial charge in [0.25, 0.3) is 10.0 Å². The quantitative estimate of drug-likeness (QED) is 0.708. The van der Waals surface area contributed by atoms with Gasteiger partial charge in [0.05, 0.1) is 0 Å². The van der Waals surface area contributed by atoms with Crippen LogP contribution in [0.2, 0.25) is 0 Å². The molecule has 26 heavy (non-hydrogen) atoms. The lowest BCUT2D eigenvalue weighted by Gasteiger charge is -2.05. The van der Waals surface area contributed by atoms with Crippen LogP contribution in [0.3, 0.4) is 0 Å². The molecule has 3 heterocycles. The van der Waals surface area contributed by atoms with E-state index < -0.39 is 10.0 Å². The summed E-state index contributed by atoms with van der Waals surface area (Å²) in [5.74, 6) is 1.69. The molecule has 1 fully saturated rings. The zero-order valence-electron chi connectivity index (χ0n) is 14.2. The summed E-state index contributed by atoms with van der Waals surface area (Å²) in [6.07, 6.45) is 6.11. The van der Waals surface area contributed by atoms with E-state index in [1.165, 1.54) is 12.8 Å². The number of nitrogens with zero attached hydrogens (tertiary/aromatic N) is 3. The van der Waals surface area contributed by atoms with Crippen molar-refractivity contribution in [3.63, 3.8) is 0 Å². The third-order valence-corrected chi connectivity index (χ3v) is 7.19. The van der Waals surface area contributed by atoms with Crippen LogP contribution in [0, 0.1) is 6.92 Å². The minimum absolute atomic E-state index is 0.182. The molecule has 1 saturated carbocycles. The maximum Gasteiger partial charge on any atom is 0.272 e. The second kappa shape index (κ2) is 6.81. The van der Waals surface area contributed by atoms with Crippen molar-refractivity contribution in [2.24, 2.45) is 0 Å². The average molecular weight is 390 g/mol. The highest BCUT2D eigenvalue weighted by molar-refractivity contribution is 7.94. The standard InChI is InChI=1S/C17H18N4O3S2/c1-11-6-7-14(18-9-11)21-26(22,23)15-8-13(10-25-15)16-19-17(24-20-16)12-4-2-3-5-12/h6-10,12H,2-5H2,1H3,(H,18,21). The number of sulfonamides is 1. The SMILES string of the molecule is Cc1ccc(NS(=O)(=O)c2cc(-c3noc(C4CCCC4)n3)cs2)nc1. The van der Waals surface area contributed by atoms with Crippen LogP contribution in [-0.4, -0.2) is 23.5 Å². The van der Waals surface area contributed by atoms with Gasteiger partial charge in [-0.15, -0.1) is 11.3 Å². The largest absolute Gasteiger partial charge is 0.339 e. The maximum atomic E-state index is 12.5. The molecule has 0 atom stereocenters. The molecule has 0 radical (unpaired) electrons. The van der Waals surface area contributed by atoms with Crippen molar-refractivity contribution >= 4 is 27.2 Å². The van der Waals surface area contributed by atoms with Gasteiger partial charge in [0, 0.05) is 23.1 Å². The number of hydrogen-bond donors (Lipinski definition) is 1. The van der Waals surface area contributed by atoms with E-state index >= 15 is 0 Å². The lowest BCUT2D eigenvalue weighted by atomic mass is 10.1. The minimum Gasteiger partial charge on any atom is -0.339 e. The molecule has 7 nitrogen and oxygen atoms in total. The highest BCUT2D eigenvalue weighted by atomic mass is 32.2. The zero-order valence-corrected chi connectivity index (χ0v) is 15.8. The number of thiophene rings is 1. The number of anilines is 1. The lowest BCUT2D eigenvalue weighted by Crippen LogP contribution is -2.12. The lowest BCUT2D eigenvalue weighted by molar-refractivity contribution is 0.354. The Kier molecular flexibility index (Phi) is 4.49. The summed E-state index contributed by atoms with van der Waals surface area (Å²) in [7, 11) is -3.70. The number of pyridine rings is 1. The van der Waals surface area contributed by atoms with Crippen molar-refractivity contribution in [3.8, 4) is 11.4 Å². The summed E-state index contributed by atoms with van der Waals surface area (Å²) in [6.45, 7) is 1.89. The summed E-state index contributed by atoms with van der Waals surface area (Å²) in [4.78, 5) is 8.53. The Hall–Kier alpha value is -2.26. The van der Waals surface area contributed by atoms with Gasteiger partial charge in [-0.1, -0.05) is 24.1 Å². The molecule has 4 rings (SSSR count). The van der Waals surface area contributed by atoms with Crippen molar-refractivity contribution < 1.29 is 12.9 Å². The Bertz CT molecular complexity index is 1000. The monoisotopic (exact) mass is 390 g/mol. The third-order valence-electron chi connectivity index (χ3n) is 4.39. The number of hydrogen-bond acceptors (Lipinski definition) is 7. The first kappa shape index (κ1) is 17.2. The molecule has 1 aliphatic rings. The Morgan fingerprint density at radius 3 is 2.81 bits per heavy atom. The van der Waals surface area contributed by atoms with Gasteiger partial charge in [0.1, 0.15) is 10.0 Å². The zero-order chi connectivity index (χ0) is 18.1. The van der Waals surface area contributed by atoms with Gasteiger partial charge in [-0.05, 0) is 37.5 Å². The van der Waals surface area contributed by atoms with Gasteiger partial charge >= 0.3 is 0 Å². The predicted molar refractivity (Wildman–Crippen MR) is 98.6 cm³/mol. The Labute approximate surface area is 155 Å². The molecule has 1 N–H and O–H groups in total. The van der Waals surface area contributed by atoms with E-state index in [-0.39, 0.29) is 10.0 Å². The third kappa shape index (κ3) is 3.49. The molecule has 9 heteroatoms. The molecule has 1 aliphatic carbocycles.